The smallest absolute Gasteiger partial charge is 0.326 e. The van der Waals surface area contributed by atoms with Crippen LogP contribution in [0, 0.1) is 13.8 Å². The average Bonchev–Trinajstić information content (AvgIpc) is 2.98. The molecule has 0 amide bonds. The molecule has 0 aliphatic heterocycles. The van der Waals surface area contributed by atoms with Gasteiger partial charge in [-0.05, 0) is 38.5 Å². The number of hydrogen-bond donors (Lipinski definition) is 1. The number of carbonyl (C=O) groups is 1. The van der Waals surface area contributed by atoms with Crippen LogP contribution in [0.3, 0.4) is 0 Å². The maximum absolute atomic E-state index is 12.5. The molecule has 148 valence electrons. The first-order valence-electron chi connectivity index (χ1n) is 8.98. The van der Waals surface area contributed by atoms with Gasteiger partial charge in [0.2, 0.25) is 0 Å². The number of nitrogens with zero attached hydrogens (tertiary/aromatic N) is 3. The van der Waals surface area contributed by atoms with Crippen molar-refractivity contribution in [1.82, 2.24) is 19.5 Å². The number of H-pyrrole nitrogens is 1. The third-order valence-corrected chi connectivity index (χ3v) is 5.88. The van der Waals surface area contributed by atoms with Crippen LogP contribution in [0.2, 0.25) is 0 Å². The first-order chi connectivity index (χ1) is 13.8. The second-order valence-electron chi connectivity index (χ2n) is 6.74. The van der Waals surface area contributed by atoms with Gasteiger partial charge in [0.25, 0.3) is 11.1 Å². The molecule has 0 bridgehead atoms. The average molecular weight is 410 g/mol. The summed E-state index contributed by atoms with van der Waals surface area (Å²) in [6.45, 7) is 5.14. The molecule has 0 saturated heterocycles. The Morgan fingerprint density at radius 2 is 2.03 bits per heavy atom. The molecule has 1 N–H and O–H groups in total. The molecule has 1 atom stereocenters. The summed E-state index contributed by atoms with van der Waals surface area (Å²) in [5.74, 6) is -0.362. The van der Waals surface area contributed by atoms with Crippen molar-refractivity contribution in [3.8, 4) is 0 Å². The van der Waals surface area contributed by atoms with E-state index >= 15 is 0 Å². The monoisotopic (exact) mass is 410 g/mol. The van der Waals surface area contributed by atoms with Gasteiger partial charge in [-0.2, -0.15) is 0 Å². The van der Waals surface area contributed by atoms with Crippen LogP contribution in [0.25, 0.3) is 21.1 Å². The van der Waals surface area contributed by atoms with E-state index in [2.05, 4.69) is 15.0 Å². The van der Waals surface area contributed by atoms with E-state index in [0.29, 0.717) is 21.1 Å². The van der Waals surface area contributed by atoms with Gasteiger partial charge in [0.05, 0.1) is 22.6 Å². The Morgan fingerprint density at radius 1 is 1.28 bits per heavy atom. The summed E-state index contributed by atoms with van der Waals surface area (Å²) in [6, 6.07) is 6.91. The van der Waals surface area contributed by atoms with Crippen LogP contribution in [0.5, 0.6) is 0 Å². The summed E-state index contributed by atoms with van der Waals surface area (Å²) in [5, 5.41) is 0.985. The van der Waals surface area contributed by atoms with Crippen molar-refractivity contribution < 1.29 is 9.53 Å². The van der Waals surface area contributed by atoms with Gasteiger partial charge in [-0.3, -0.25) is 19.0 Å². The first-order valence-corrected chi connectivity index (χ1v) is 9.80. The van der Waals surface area contributed by atoms with Gasteiger partial charge in [-0.1, -0.05) is 12.1 Å². The molecule has 0 spiro atoms. The van der Waals surface area contributed by atoms with Crippen LogP contribution in [-0.4, -0.2) is 25.5 Å². The van der Waals surface area contributed by atoms with Crippen LogP contribution in [-0.2, 0) is 16.1 Å². The maximum atomic E-state index is 12.5. The number of aryl methyl sites for hydroxylation is 2. The normalized spacial score (nSPS) is 12.4. The maximum Gasteiger partial charge on any atom is 0.326 e. The number of aromatic nitrogens is 4. The molecule has 4 aromatic rings. The van der Waals surface area contributed by atoms with Gasteiger partial charge in [0.15, 0.2) is 11.9 Å². The fraction of sp³-hybridized carbons (Fsp3) is 0.250. The molecule has 0 unspecified atom stereocenters. The topological polar surface area (TPSA) is 107 Å². The number of fused-ring (bicyclic) bond motifs is 2. The lowest BCUT2D eigenvalue weighted by molar-refractivity contribution is -0.149. The van der Waals surface area contributed by atoms with Gasteiger partial charge in [-0.25, -0.2) is 9.97 Å². The second-order valence-corrected chi connectivity index (χ2v) is 7.94. The third kappa shape index (κ3) is 3.44. The molecule has 3 heterocycles. The minimum absolute atomic E-state index is 0.260. The van der Waals surface area contributed by atoms with Gasteiger partial charge in [-0.15, -0.1) is 11.3 Å². The van der Waals surface area contributed by atoms with Crippen LogP contribution in [0.4, 0.5) is 0 Å². The second kappa shape index (κ2) is 7.25. The van der Waals surface area contributed by atoms with Crippen molar-refractivity contribution in [2.45, 2.75) is 33.4 Å². The molecule has 0 fully saturated rings. The Kier molecular flexibility index (Phi) is 4.75. The predicted octanol–water partition coefficient (Wildman–Crippen LogP) is 2.62. The number of thiophene rings is 1. The number of esters is 1. The highest BCUT2D eigenvalue weighted by molar-refractivity contribution is 7.18. The SMILES string of the molecule is Cc1sc2nc([C@@H](C)OC(=O)Cn3cnc4ccccc4c3=O)[nH]c(=O)c2c1C. The molecule has 9 heteroatoms. The van der Waals surface area contributed by atoms with Gasteiger partial charge >= 0.3 is 5.97 Å². The van der Waals surface area contributed by atoms with Gasteiger partial charge in [0, 0.05) is 4.88 Å². The standard InChI is InChI=1S/C20H18N4O4S/c1-10-12(3)29-19-16(10)18(26)22-17(23-19)11(2)28-15(25)8-24-9-21-14-7-5-4-6-13(14)20(24)27/h4-7,9,11H,8H2,1-3H3,(H,22,23,26)/t11-/m1/s1. The summed E-state index contributed by atoms with van der Waals surface area (Å²) in [5.41, 5.74) is 0.882. The summed E-state index contributed by atoms with van der Waals surface area (Å²) < 4.78 is 6.59. The van der Waals surface area contributed by atoms with Crippen molar-refractivity contribution >= 4 is 38.4 Å². The zero-order valence-electron chi connectivity index (χ0n) is 16.1. The molecule has 1 aromatic carbocycles. The lowest BCUT2D eigenvalue weighted by atomic mass is 10.2. The largest absolute Gasteiger partial charge is 0.453 e. The van der Waals surface area contributed by atoms with Gasteiger partial charge < -0.3 is 9.72 Å². The Bertz CT molecular complexity index is 1370. The highest BCUT2D eigenvalue weighted by atomic mass is 32.1. The predicted molar refractivity (Wildman–Crippen MR) is 110 cm³/mol. The number of carbonyl (C=O) groups excluding carboxylic acids is 1. The fourth-order valence-corrected chi connectivity index (χ4v) is 4.15. The molecular formula is C20H18N4O4S. The highest BCUT2D eigenvalue weighted by Gasteiger charge is 2.19. The number of aromatic amines is 1. The zero-order valence-corrected chi connectivity index (χ0v) is 16.9. The minimum atomic E-state index is -0.772. The van der Waals surface area contributed by atoms with Gasteiger partial charge in [0.1, 0.15) is 11.4 Å². The quantitative estimate of drug-likeness (QED) is 0.518. The summed E-state index contributed by atoms with van der Waals surface area (Å²) >= 11 is 1.42. The highest BCUT2D eigenvalue weighted by Crippen LogP contribution is 2.26. The molecular weight excluding hydrogens is 392 g/mol. The Hall–Kier alpha value is -3.33. The van der Waals surface area contributed by atoms with Crippen LogP contribution in [0.15, 0.2) is 40.2 Å². The molecule has 4 rings (SSSR count). The van der Waals surface area contributed by atoms with Crippen LogP contribution in [0.1, 0.15) is 29.3 Å². The van der Waals surface area contributed by atoms with Crippen molar-refractivity contribution in [2.24, 2.45) is 0 Å². The van der Waals surface area contributed by atoms with Crippen molar-refractivity contribution in [3.05, 3.63) is 67.6 Å². The number of nitrogens with one attached hydrogen (secondary N) is 1. The van der Waals surface area contributed by atoms with E-state index in [0.717, 1.165) is 10.4 Å². The van der Waals surface area contributed by atoms with Crippen molar-refractivity contribution in [2.75, 3.05) is 0 Å². The first kappa shape index (κ1) is 19.0. The van der Waals surface area contributed by atoms with E-state index in [1.807, 2.05) is 13.8 Å². The molecule has 29 heavy (non-hydrogen) atoms. The lowest BCUT2D eigenvalue weighted by Gasteiger charge is -2.13. The third-order valence-electron chi connectivity index (χ3n) is 4.78. The lowest BCUT2D eigenvalue weighted by Crippen LogP contribution is -2.26. The summed E-state index contributed by atoms with van der Waals surface area (Å²) in [7, 11) is 0. The molecule has 0 aliphatic carbocycles. The van der Waals surface area contributed by atoms with Crippen LogP contribution >= 0.6 is 11.3 Å². The number of benzene rings is 1. The molecule has 8 nitrogen and oxygen atoms in total. The Balaban J connectivity index is 1.56. The van der Waals surface area contributed by atoms with Crippen LogP contribution < -0.4 is 11.1 Å². The Labute approximate surface area is 168 Å². The summed E-state index contributed by atoms with van der Waals surface area (Å²) in [4.78, 5) is 50.2. The van der Waals surface area contributed by atoms with E-state index in [4.69, 9.17) is 4.74 Å². The number of ether oxygens (including phenoxy) is 1. The zero-order chi connectivity index (χ0) is 20.7. The molecule has 0 saturated carbocycles. The number of hydrogen-bond acceptors (Lipinski definition) is 7. The summed E-state index contributed by atoms with van der Waals surface area (Å²) in [6.07, 6.45) is 0.548. The van der Waals surface area contributed by atoms with E-state index in [1.165, 1.54) is 22.2 Å². The molecule has 0 radical (unpaired) electrons. The van der Waals surface area contributed by atoms with Crippen molar-refractivity contribution in [3.63, 3.8) is 0 Å². The van der Waals surface area contributed by atoms with Crippen molar-refractivity contribution in [1.29, 1.82) is 0 Å². The fourth-order valence-electron chi connectivity index (χ4n) is 3.11. The molecule has 0 aliphatic rings. The number of rotatable bonds is 4. The minimum Gasteiger partial charge on any atom is -0.453 e. The number of para-hydroxylation sites is 1. The van der Waals surface area contributed by atoms with E-state index < -0.39 is 12.1 Å². The Morgan fingerprint density at radius 3 is 2.83 bits per heavy atom. The van der Waals surface area contributed by atoms with E-state index in [9.17, 15) is 14.4 Å². The molecule has 3 aromatic heterocycles. The van der Waals surface area contributed by atoms with E-state index in [-0.39, 0.29) is 23.5 Å². The van der Waals surface area contributed by atoms with E-state index in [1.54, 1.807) is 31.2 Å².